The number of hydrogen-bond donors (Lipinski definition) is 0. The van der Waals surface area contributed by atoms with Gasteiger partial charge in [-0.15, -0.1) is 0 Å². The molecule has 0 aromatic carbocycles. The smallest absolute Gasteiger partial charge is 0.306 e. The van der Waals surface area contributed by atoms with E-state index in [0.29, 0.717) is 19.3 Å². The zero-order valence-corrected chi connectivity index (χ0v) is 53.9. The fourth-order valence-corrected chi connectivity index (χ4v) is 9.26. The van der Waals surface area contributed by atoms with Gasteiger partial charge < -0.3 is 14.2 Å². The second-order valence-corrected chi connectivity index (χ2v) is 22.3. The molecule has 0 aliphatic carbocycles. The summed E-state index contributed by atoms with van der Waals surface area (Å²) in [6, 6.07) is 0. The van der Waals surface area contributed by atoms with Crippen LogP contribution in [0.3, 0.4) is 0 Å². The minimum atomic E-state index is -0.830. The number of rotatable bonds is 61. The van der Waals surface area contributed by atoms with Crippen LogP contribution < -0.4 is 0 Å². The van der Waals surface area contributed by atoms with E-state index in [2.05, 4.69) is 161 Å². The fraction of sp³-hybridized carbons (Fsp3) is 0.649. The Bertz CT molecular complexity index is 1800. The van der Waals surface area contributed by atoms with E-state index in [1.54, 1.807) is 0 Å². The molecule has 0 aromatic heterocycles. The molecule has 83 heavy (non-hydrogen) atoms. The summed E-state index contributed by atoms with van der Waals surface area (Å²) in [4.78, 5) is 38.4. The summed E-state index contributed by atoms with van der Waals surface area (Å²) in [5.74, 6) is -1.01. The monoisotopic (exact) mass is 1150 g/mol. The average molecular weight is 1150 g/mol. The fourth-order valence-electron chi connectivity index (χ4n) is 9.26. The van der Waals surface area contributed by atoms with E-state index in [1.165, 1.54) is 128 Å². The van der Waals surface area contributed by atoms with Gasteiger partial charge in [0, 0.05) is 19.3 Å². The molecule has 0 aliphatic rings. The maximum absolute atomic E-state index is 12.9. The van der Waals surface area contributed by atoms with Crippen molar-refractivity contribution in [2.75, 3.05) is 13.2 Å². The van der Waals surface area contributed by atoms with Gasteiger partial charge in [0.25, 0.3) is 0 Å². The van der Waals surface area contributed by atoms with Gasteiger partial charge in [-0.3, -0.25) is 14.4 Å². The van der Waals surface area contributed by atoms with Crippen molar-refractivity contribution in [1.82, 2.24) is 0 Å². The summed E-state index contributed by atoms with van der Waals surface area (Å²) >= 11 is 0. The first-order valence-corrected chi connectivity index (χ1v) is 34.3. The van der Waals surface area contributed by atoms with Crippen LogP contribution in [0.2, 0.25) is 0 Å². The normalized spacial score (nSPS) is 13.0. The molecule has 6 heteroatoms. The molecule has 0 saturated carbocycles. The summed E-state index contributed by atoms with van der Waals surface area (Å²) in [6.07, 6.45) is 100. The van der Waals surface area contributed by atoms with Crippen LogP contribution in [0.4, 0.5) is 0 Å². The van der Waals surface area contributed by atoms with Crippen LogP contribution in [-0.2, 0) is 28.6 Å². The van der Waals surface area contributed by atoms with Gasteiger partial charge in [0.05, 0.1) is 0 Å². The van der Waals surface area contributed by atoms with Crippen molar-refractivity contribution in [2.24, 2.45) is 0 Å². The van der Waals surface area contributed by atoms with Crippen LogP contribution in [0.1, 0.15) is 303 Å². The molecule has 470 valence electrons. The molecule has 0 N–H and O–H groups in total. The highest BCUT2D eigenvalue weighted by Gasteiger charge is 2.19. The maximum atomic E-state index is 12.9. The van der Waals surface area contributed by atoms with Crippen LogP contribution in [0.5, 0.6) is 0 Å². The van der Waals surface area contributed by atoms with E-state index >= 15 is 0 Å². The Hall–Kier alpha value is -4.71. The molecule has 0 spiro atoms. The molecule has 1 unspecified atom stereocenters. The van der Waals surface area contributed by atoms with Crippen LogP contribution in [0.15, 0.2) is 146 Å². The first kappa shape index (κ1) is 78.3. The summed E-state index contributed by atoms with van der Waals surface area (Å²) in [6.45, 7) is 6.33. The van der Waals surface area contributed by atoms with Gasteiger partial charge in [-0.1, -0.05) is 301 Å². The second kappa shape index (κ2) is 69.8. The Balaban J connectivity index is 4.34. The molecule has 0 bridgehead atoms. The van der Waals surface area contributed by atoms with Gasteiger partial charge in [-0.25, -0.2) is 0 Å². The molecule has 6 nitrogen and oxygen atoms in total. The Morgan fingerprint density at radius 2 is 0.494 bits per heavy atom. The van der Waals surface area contributed by atoms with E-state index in [9.17, 15) is 14.4 Å². The molecule has 0 saturated heterocycles. The first-order valence-electron chi connectivity index (χ1n) is 34.3. The van der Waals surface area contributed by atoms with Gasteiger partial charge >= 0.3 is 17.9 Å². The summed E-state index contributed by atoms with van der Waals surface area (Å²) in [5, 5.41) is 0. The van der Waals surface area contributed by atoms with Crippen molar-refractivity contribution in [1.29, 1.82) is 0 Å². The zero-order valence-electron chi connectivity index (χ0n) is 53.9. The Morgan fingerprint density at radius 3 is 0.783 bits per heavy atom. The topological polar surface area (TPSA) is 78.9 Å². The van der Waals surface area contributed by atoms with E-state index in [4.69, 9.17) is 14.2 Å². The predicted molar refractivity (Wildman–Crippen MR) is 362 cm³/mol. The molecule has 0 aliphatic heterocycles. The van der Waals surface area contributed by atoms with Gasteiger partial charge in [0.15, 0.2) is 6.10 Å². The minimum Gasteiger partial charge on any atom is -0.462 e. The van der Waals surface area contributed by atoms with Crippen LogP contribution in [0.25, 0.3) is 0 Å². The predicted octanol–water partition coefficient (Wildman–Crippen LogP) is 23.9. The SMILES string of the molecule is CC/C=C\C/C=C\C/C=C\C/C=C\C/C=C\C/C=C\CCC(=O)OC(COC(=O)CCCCCCC/C=C\C/C=C\CCCCC)COC(=O)CCCCCCCCCCCCCCCCCCCC/C=C\C/C=C\C/C=C\C/C=C\CC. The third-order valence-electron chi connectivity index (χ3n) is 14.3. The van der Waals surface area contributed by atoms with E-state index < -0.39 is 12.1 Å². The van der Waals surface area contributed by atoms with Crippen molar-refractivity contribution >= 4 is 17.9 Å². The van der Waals surface area contributed by atoms with Gasteiger partial charge in [-0.05, 0) is 128 Å². The highest BCUT2D eigenvalue weighted by Crippen LogP contribution is 2.16. The highest BCUT2D eigenvalue weighted by atomic mass is 16.6. The summed E-state index contributed by atoms with van der Waals surface area (Å²) in [7, 11) is 0. The molecule has 0 aromatic rings. The van der Waals surface area contributed by atoms with Crippen molar-refractivity contribution in [3.8, 4) is 0 Å². The lowest BCUT2D eigenvalue weighted by atomic mass is 10.0. The lowest BCUT2D eigenvalue weighted by Gasteiger charge is -2.18. The average Bonchev–Trinajstić information content (AvgIpc) is 3.49. The van der Waals surface area contributed by atoms with E-state index in [0.717, 1.165) is 128 Å². The number of carbonyl (C=O) groups excluding carboxylic acids is 3. The quantitative estimate of drug-likeness (QED) is 0.0261. The minimum absolute atomic E-state index is 0.115. The molecule has 0 rings (SSSR count). The molecular weight excluding hydrogens is 1020 g/mol. The third kappa shape index (κ3) is 68.0. The molecule has 0 amide bonds. The molecule has 1 atom stereocenters. The van der Waals surface area contributed by atoms with E-state index in [1.807, 2.05) is 6.08 Å². The second-order valence-electron chi connectivity index (χ2n) is 22.3. The number of hydrogen-bond acceptors (Lipinski definition) is 6. The zero-order chi connectivity index (χ0) is 59.9. The Labute approximate surface area is 512 Å². The number of unbranched alkanes of at least 4 members (excludes halogenated alkanes) is 26. The highest BCUT2D eigenvalue weighted by molar-refractivity contribution is 5.71. The maximum Gasteiger partial charge on any atom is 0.306 e. The molecule has 0 fully saturated rings. The van der Waals surface area contributed by atoms with Crippen molar-refractivity contribution < 1.29 is 28.6 Å². The number of esters is 3. The number of carbonyl (C=O) groups is 3. The lowest BCUT2D eigenvalue weighted by Crippen LogP contribution is -2.30. The van der Waals surface area contributed by atoms with Gasteiger partial charge in [0.2, 0.25) is 0 Å². The third-order valence-corrected chi connectivity index (χ3v) is 14.3. The molecule has 0 heterocycles. The van der Waals surface area contributed by atoms with Gasteiger partial charge in [0.1, 0.15) is 13.2 Å². The first-order chi connectivity index (χ1) is 41.0. The van der Waals surface area contributed by atoms with E-state index in [-0.39, 0.29) is 31.6 Å². The van der Waals surface area contributed by atoms with Crippen LogP contribution >= 0.6 is 0 Å². The molecular formula is C77H126O6. The van der Waals surface area contributed by atoms with Crippen molar-refractivity contribution in [2.45, 2.75) is 309 Å². The number of allylic oxidation sites excluding steroid dienone is 24. The van der Waals surface area contributed by atoms with Crippen molar-refractivity contribution in [3.63, 3.8) is 0 Å². The van der Waals surface area contributed by atoms with Crippen molar-refractivity contribution in [3.05, 3.63) is 146 Å². The lowest BCUT2D eigenvalue weighted by molar-refractivity contribution is -0.166. The largest absolute Gasteiger partial charge is 0.462 e. The summed E-state index contributed by atoms with van der Waals surface area (Å²) in [5.41, 5.74) is 0. The van der Waals surface area contributed by atoms with Crippen LogP contribution in [0, 0.1) is 0 Å². The number of ether oxygens (including phenoxy) is 3. The Kier molecular flexibility index (Phi) is 65.8. The van der Waals surface area contributed by atoms with Crippen LogP contribution in [-0.4, -0.2) is 37.2 Å². The standard InChI is InChI=1S/C77H126O6/c1-4-7-10-13-16-19-22-25-28-30-32-33-34-35-36-37-38-39-40-41-42-43-45-46-49-52-55-58-61-64-67-70-76(79)82-73-74(72-81-75(78)69-66-63-60-57-54-51-48-27-24-21-18-15-12-9-6-3)83-77(80)71-68-65-62-59-56-53-50-47-44-31-29-26-23-20-17-14-11-8-5-2/h7-8,10-11,16-21,25-29,32-33,44,47-48,53,56,62,65,74H,4-6,9,12-15,22-24,30-31,34-43,45-46,49-52,54-55,57-61,63-64,66-73H2,1-3H3/b10-7-,11-8-,19-16-,20-17-,21-18-,28-25-,29-26-,33-32-,47-44-,48-27-,56-53-,65-62-. The molecule has 0 radical (unpaired) electrons. The van der Waals surface area contributed by atoms with Gasteiger partial charge in [-0.2, -0.15) is 0 Å². The Morgan fingerprint density at radius 1 is 0.253 bits per heavy atom. The summed E-state index contributed by atoms with van der Waals surface area (Å²) < 4.78 is 16.9.